The fourth-order valence-corrected chi connectivity index (χ4v) is 14.3. The molecule has 0 spiro atoms. The van der Waals surface area contributed by atoms with Gasteiger partial charge in [0.15, 0.2) is 0 Å². The van der Waals surface area contributed by atoms with Gasteiger partial charge in [0.25, 0.3) is 0 Å². The van der Waals surface area contributed by atoms with E-state index in [1.54, 1.807) is 33.2 Å². The number of hydrogen-bond donors (Lipinski definition) is 0. The summed E-state index contributed by atoms with van der Waals surface area (Å²) in [7, 11) is -2.44. The molecule has 0 bridgehead atoms. The third-order valence-corrected chi connectivity index (χ3v) is 18.1. The van der Waals surface area contributed by atoms with Crippen LogP contribution < -0.4 is 9.00 Å². The molecule has 0 aromatic carbocycles. The molecule has 0 saturated heterocycles. The summed E-state index contributed by atoms with van der Waals surface area (Å²) in [4.78, 5) is 0. The Hall–Kier alpha value is -0.0262. The second kappa shape index (κ2) is 5.28. The molecule has 0 aliphatic carbocycles. The van der Waals surface area contributed by atoms with Crippen LogP contribution in [0.5, 0.6) is 0 Å². The summed E-state index contributed by atoms with van der Waals surface area (Å²) in [5.41, 5.74) is 0. The molecule has 7 heteroatoms. The lowest BCUT2D eigenvalue weighted by Crippen LogP contribution is -2.34. The van der Waals surface area contributed by atoms with Crippen LogP contribution in [0.2, 0.25) is 39.3 Å². The van der Waals surface area contributed by atoms with Gasteiger partial charge in [-0.3, -0.25) is 0 Å². The smallest absolute Gasteiger partial charge is 0.0907 e. The zero-order valence-electron chi connectivity index (χ0n) is 15.2. The van der Waals surface area contributed by atoms with Gasteiger partial charge in [-0.05, 0) is 21.1 Å². The fraction of sp³-hybridized carbons (Fsp3) is 0.333. The van der Waals surface area contributed by atoms with Gasteiger partial charge >= 0.3 is 0 Å². The molecule has 0 fully saturated rings. The van der Waals surface area contributed by atoms with Crippen LogP contribution in [0, 0.1) is 0 Å². The quantitative estimate of drug-likeness (QED) is 0.241. The minimum atomic E-state index is -1.22. The predicted octanol–water partition coefficient (Wildman–Crippen LogP) is 7.70. The highest BCUT2D eigenvalue weighted by Crippen LogP contribution is 2.52. The number of fused-ring (bicyclic) bond motifs is 7. The molecule has 5 aromatic heterocycles. The van der Waals surface area contributed by atoms with Crippen molar-refractivity contribution in [3.8, 4) is 0 Å². The first kappa shape index (κ1) is 17.1. The molecule has 0 aliphatic rings. The van der Waals surface area contributed by atoms with Gasteiger partial charge in [-0.2, -0.15) is 0 Å². The summed E-state index contributed by atoms with van der Waals surface area (Å²) in [6, 6.07) is 5.00. The molecule has 5 aromatic rings. The largest absolute Gasteiger partial charge is 0.143 e. The van der Waals surface area contributed by atoms with E-state index in [2.05, 4.69) is 74.1 Å². The first-order chi connectivity index (χ1) is 11.6. The fourth-order valence-electron chi connectivity index (χ4n) is 3.09. The first-order valence-electron chi connectivity index (χ1n) is 8.45. The molecule has 0 radical (unpaired) electrons. The lowest BCUT2D eigenvalue weighted by Gasteiger charge is -2.12. The van der Waals surface area contributed by atoms with Gasteiger partial charge in [-0.15, -0.1) is 56.7 Å². The summed E-state index contributed by atoms with van der Waals surface area (Å²) < 4.78 is 14.1. The van der Waals surface area contributed by atoms with Crippen LogP contribution in [0.15, 0.2) is 12.1 Å². The topological polar surface area (TPSA) is 0 Å². The van der Waals surface area contributed by atoms with Gasteiger partial charge in [-0.1, -0.05) is 39.3 Å². The minimum absolute atomic E-state index is 1.21. The summed E-state index contributed by atoms with van der Waals surface area (Å²) in [6.07, 6.45) is 0. The van der Waals surface area contributed by atoms with E-state index in [-0.39, 0.29) is 0 Å². The average Bonchev–Trinajstić information content (AvgIpc) is 3.16. The first-order valence-corrected chi connectivity index (χ1v) is 19.5. The van der Waals surface area contributed by atoms with Gasteiger partial charge in [-0.25, -0.2) is 0 Å². The molecule has 0 amide bonds. The van der Waals surface area contributed by atoms with Gasteiger partial charge in [0.2, 0.25) is 0 Å². The third kappa shape index (κ3) is 2.51. The lowest BCUT2D eigenvalue weighted by molar-refractivity contribution is 1.79. The van der Waals surface area contributed by atoms with E-state index in [9.17, 15) is 0 Å². The molecule has 0 aliphatic heterocycles. The van der Waals surface area contributed by atoms with Crippen molar-refractivity contribution in [3.63, 3.8) is 0 Å². The predicted molar refractivity (Wildman–Crippen MR) is 132 cm³/mol. The summed E-state index contributed by atoms with van der Waals surface area (Å²) in [5.74, 6) is 0. The second-order valence-electron chi connectivity index (χ2n) is 8.73. The maximum atomic E-state index is 2.50. The highest BCUT2D eigenvalue weighted by Gasteiger charge is 2.26. The van der Waals surface area contributed by atoms with Gasteiger partial charge in [0.1, 0.15) is 0 Å². The Morgan fingerprint density at radius 1 is 0.560 bits per heavy atom. The average molecular weight is 453 g/mol. The van der Waals surface area contributed by atoms with E-state index in [0.29, 0.717) is 0 Å². The van der Waals surface area contributed by atoms with E-state index in [0.717, 1.165) is 0 Å². The Morgan fingerprint density at radius 3 is 1.72 bits per heavy atom. The lowest BCUT2D eigenvalue weighted by atomic mass is 10.3. The van der Waals surface area contributed by atoms with Crippen molar-refractivity contribution in [1.29, 1.82) is 0 Å². The van der Waals surface area contributed by atoms with Crippen LogP contribution >= 0.6 is 56.7 Å². The van der Waals surface area contributed by atoms with E-state index in [4.69, 9.17) is 0 Å². The molecular weight excluding hydrogens is 433 g/mol. The monoisotopic (exact) mass is 452 g/mol. The van der Waals surface area contributed by atoms with E-state index >= 15 is 0 Å². The number of hydrogen-bond acceptors (Lipinski definition) is 5. The molecule has 0 unspecified atom stereocenters. The Kier molecular flexibility index (Phi) is 3.61. The second-order valence-corrected chi connectivity index (χ2v) is 25.0. The van der Waals surface area contributed by atoms with Gasteiger partial charge in [0, 0.05) is 14.8 Å². The Labute approximate surface area is 169 Å². The highest BCUT2D eigenvalue weighted by atomic mass is 32.2. The molecule has 5 rings (SSSR count). The molecule has 0 saturated carbocycles. The van der Waals surface area contributed by atoms with Crippen molar-refractivity contribution in [2.75, 3.05) is 0 Å². The maximum Gasteiger partial charge on any atom is 0.0907 e. The van der Waals surface area contributed by atoms with Crippen molar-refractivity contribution in [2.24, 2.45) is 0 Å². The standard InChI is InChI=1S/C18H20S5Si2/c1-24(2,3)11-7-9-14(21-11)13-16-17(23-18(13)20-9)15-10(19-16)8-12(22-15)25(4,5)6/h7-8H,1-6H3. The van der Waals surface area contributed by atoms with Crippen molar-refractivity contribution in [3.05, 3.63) is 12.1 Å². The van der Waals surface area contributed by atoms with Crippen LogP contribution in [0.1, 0.15) is 0 Å². The summed E-state index contributed by atoms with van der Waals surface area (Å²) in [6.45, 7) is 14.8. The normalized spacial score (nSPS) is 14.0. The van der Waals surface area contributed by atoms with Crippen LogP contribution in [0.25, 0.3) is 37.6 Å². The molecule has 5 heterocycles. The molecule has 0 atom stereocenters. The van der Waals surface area contributed by atoms with Crippen molar-refractivity contribution < 1.29 is 0 Å². The van der Waals surface area contributed by atoms with Gasteiger partial charge in [0.05, 0.1) is 39.0 Å². The molecule has 25 heavy (non-hydrogen) atoms. The number of rotatable bonds is 2. The Bertz CT molecular complexity index is 1260. The maximum absolute atomic E-state index is 2.50. The Morgan fingerprint density at radius 2 is 1.12 bits per heavy atom. The van der Waals surface area contributed by atoms with E-state index in [1.165, 1.54) is 13.4 Å². The molecule has 130 valence electrons. The number of thiophene rings is 5. The van der Waals surface area contributed by atoms with Crippen LogP contribution in [0.4, 0.5) is 0 Å². The van der Waals surface area contributed by atoms with Crippen LogP contribution in [-0.4, -0.2) is 16.1 Å². The SMILES string of the molecule is C[Si](C)(C)c1cc2sc3c(sc4sc5cc([Si](C)(C)C)sc5c43)c2s1. The Balaban J connectivity index is 1.82. The third-order valence-electron chi connectivity index (χ3n) is 4.55. The van der Waals surface area contributed by atoms with Crippen molar-refractivity contribution in [1.82, 2.24) is 0 Å². The molecular formula is C18H20S5Si2. The zero-order chi connectivity index (χ0) is 17.7. The van der Waals surface area contributed by atoms with E-state index in [1.807, 2.05) is 34.0 Å². The molecule has 0 N–H and O–H groups in total. The highest BCUT2D eigenvalue weighted by molar-refractivity contribution is 7.52. The summed E-state index contributed by atoms with van der Waals surface area (Å²) >= 11 is 10.2. The molecule has 0 nitrogen and oxygen atoms in total. The van der Waals surface area contributed by atoms with Gasteiger partial charge < -0.3 is 0 Å². The van der Waals surface area contributed by atoms with Crippen LogP contribution in [0.3, 0.4) is 0 Å². The van der Waals surface area contributed by atoms with Crippen molar-refractivity contribution in [2.45, 2.75) is 39.3 Å². The van der Waals surface area contributed by atoms with Crippen molar-refractivity contribution >= 4 is 119 Å². The van der Waals surface area contributed by atoms with Crippen LogP contribution in [-0.2, 0) is 0 Å². The summed E-state index contributed by atoms with van der Waals surface area (Å²) in [5, 5.41) is 1.57. The van der Waals surface area contributed by atoms with E-state index < -0.39 is 16.1 Å². The minimum Gasteiger partial charge on any atom is -0.143 e. The zero-order valence-corrected chi connectivity index (χ0v) is 21.3.